The second kappa shape index (κ2) is 18.8. The van der Waals surface area contributed by atoms with E-state index in [4.69, 9.17) is 20.0 Å². The molecule has 4 N–H and O–H groups in total. The van der Waals surface area contributed by atoms with Gasteiger partial charge < -0.3 is 25.6 Å². The Bertz CT molecular complexity index is 2980. The molecule has 8 aromatic rings. The number of amides is 1. The number of nitro groups is 1. The highest BCUT2D eigenvalue weighted by atomic mass is 16.6. The number of ether oxygens (including phenoxy) is 1. The molecule has 0 fully saturated rings. The van der Waals surface area contributed by atoms with Crippen LogP contribution in [-0.4, -0.2) is 85.8 Å². The van der Waals surface area contributed by atoms with Gasteiger partial charge in [0.15, 0.2) is 0 Å². The number of carbonyl (C=O) groups excluding carboxylic acids is 2. The van der Waals surface area contributed by atoms with Crippen LogP contribution in [0.4, 0.5) is 5.69 Å². The molecule has 0 bridgehead atoms. The molecule has 0 aliphatic rings. The molecule has 2 aromatic heterocycles. The third-order valence-electron chi connectivity index (χ3n) is 10.1. The number of fused-ring (bicyclic) bond motifs is 2. The van der Waals surface area contributed by atoms with E-state index in [1.807, 2.05) is 43.4 Å². The van der Waals surface area contributed by atoms with Crippen LogP contribution in [0.25, 0.3) is 55.7 Å². The van der Waals surface area contributed by atoms with Gasteiger partial charge in [-0.25, -0.2) is 23.7 Å². The zero-order valence-electron chi connectivity index (χ0n) is 33.9. The Kier molecular flexibility index (Phi) is 12.7. The van der Waals surface area contributed by atoms with Gasteiger partial charge >= 0.3 is 17.9 Å². The van der Waals surface area contributed by atoms with Crippen LogP contribution in [0.5, 0.6) is 0 Å². The van der Waals surface area contributed by atoms with Crippen molar-refractivity contribution in [1.29, 1.82) is 0 Å². The van der Waals surface area contributed by atoms with Gasteiger partial charge in [0.1, 0.15) is 11.4 Å². The van der Waals surface area contributed by atoms with Crippen molar-refractivity contribution >= 4 is 51.3 Å². The first-order valence-electron chi connectivity index (χ1n) is 19.5. The summed E-state index contributed by atoms with van der Waals surface area (Å²) in [6.45, 7) is 1.48. The molecule has 16 nitrogen and oxygen atoms in total. The van der Waals surface area contributed by atoms with Crippen LogP contribution in [0.3, 0.4) is 0 Å². The molecule has 0 radical (unpaired) electrons. The molecule has 2 heterocycles. The molecule has 0 spiro atoms. The second-order valence-corrected chi connectivity index (χ2v) is 14.1. The van der Waals surface area contributed by atoms with Gasteiger partial charge in [0.2, 0.25) is 0 Å². The van der Waals surface area contributed by atoms with Gasteiger partial charge in [-0.05, 0) is 105 Å². The van der Waals surface area contributed by atoms with Crippen LogP contribution in [-0.2, 0) is 4.74 Å². The van der Waals surface area contributed by atoms with Crippen LogP contribution >= 0.6 is 0 Å². The van der Waals surface area contributed by atoms with Gasteiger partial charge in [-0.15, -0.1) is 0 Å². The summed E-state index contributed by atoms with van der Waals surface area (Å²) in [5.74, 6) is -2.58. The minimum atomic E-state index is -1.04. The normalized spacial score (nSPS) is 10.8. The van der Waals surface area contributed by atoms with Gasteiger partial charge in [0.25, 0.3) is 11.6 Å². The number of esters is 1. The molecule has 16 heteroatoms. The van der Waals surface area contributed by atoms with Crippen molar-refractivity contribution in [2.45, 2.75) is 6.42 Å². The highest BCUT2D eigenvalue weighted by Crippen LogP contribution is 2.33. The lowest BCUT2D eigenvalue weighted by Gasteiger charge is -2.06. The van der Waals surface area contributed by atoms with Crippen LogP contribution in [0, 0.1) is 10.1 Å². The van der Waals surface area contributed by atoms with E-state index in [0.29, 0.717) is 45.5 Å². The molecule has 0 saturated heterocycles. The number of carboxylic acids is 2. The van der Waals surface area contributed by atoms with Crippen LogP contribution in [0.2, 0.25) is 0 Å². The molecular weight excluding hydrogens is 807 g/mol. The molecule has 8 rings (SSSR count). The number of nitrogens with one attached hydrogen (secondary N) is 2. The number of benzene rings is 6. The Morgan fingerprint density at radius 3 is 1.63 bits per heavy atom. The minimum Gasteiger partial charge on any atom is -0.478 e. The lowest BCUT2D eigenvalue weighted by atomic mass is 10.1. The van der Waals surface area contributed by atoms with Crippen LogP contribution < -0.4 is 10.6 Å². The van der Waals surface area contributed by atoms with Gasteiger partial charge in [0.05, 0.1) is 51.1 Å². The van der Waals surface area contributed by atoms with Crippen molar-refractivity contribution in [2.75, 3.05) is 27.2 Å². The SMILES string of the molecule is CNCCCNC(=O)c1ccc(-c2nn(-c3ccc(C(=O)O)cc3)c3ccccc23)cc1.COC(=O)c1ccc(-c2nn(-c3ccc(C(=O)O)cc3)c3ccc([N+](=O)[O-])cc23)cc1. The lowest BCUT2D eigenvalue weighted by Crippen LogP contribution is -2.26. The number of methoxy groups -OCH3 is 1. The number of nitro benzene ring substituents is 1. The van der Waals surface area contributed by atoms with E-state index in [1.165, 1.54) is 31.4 Å². The first-order valence-corrected chi connectivity index (χ1v) is 19.5. The minimum absolute atomic E-state index is 0.0827. The largest absolute Gasteiger partial charge is 0.478 e. The zero-order valence-corrected chi connectivity index (χ0v) is 33.9. The van der Waals surface area contributed by atoms with E-state index in [2.05, 4.69) is 15.7 Å². The van der Waals surface area contributed by atoms with Gasteiger partial charge in [-0.3, -0.25) is 14.9 Å². The third-order valence-corrected chi connectivity index (χ3v) is 10.1. The maximum absolute atomic E-state index is 12.3. The average molecular weight is 846 g/mol. The summed E-state index contributed by atoms with van der Waals surface area (Å²) in [5.41, 5.74) is 6.97. The van der Waals surface area contributed by atoms with Crippen molar-refractivity contribution in [1.82, 2.24) is 30.2 Å². The first-order chi connectivity index (χ1) is 30.5. The van der Waals surface area contributed by atoms with Gasteiger partial charge in [-0.2, -0.15) is 10.2 Å². The number of nitrogens with zero attached hydrogens (tertiary/aromatic N) is 5. The Hall–Kier alpha value is -8.50. The molecular formula is C47H39N7O9. The highest BCUT2D eigenvalue weighted by Gasteiger charge is 2.19. The molecule has 6 aromatic carbocycles. The quantitative estimate of drug-likeness (QED) is 0.0378. The summed E-state index contributed by atoms with van der Waals surface area (Å²) in [7, 11) is 3.18. The molecule has 316 valence electrons. The molecule has 63 heavy (non-hydrogen) atoms. The second-order valence-electron chi connectivity index (χ2n) is 14.1. The zero-order chi connectivity index (χ0) is 44.6. The lowest BCUT2D eigenvalue weighted by molar-refractivity contribution is -0.384. The fraction of sp³-hybridized carbons (Fsp3) is 0.106. The van der Waals surface area contributed by atoms with E-state index in [1.54, 1.807) is 88.2 Å². The van der Waals surface area contributed by atoms with E-state index in [9.17, 15) is 29.3 Å². The smallest absolute Gasteiger partial charge is 0.337 e. The van der Waals surface area contributed by atoms with Crippen molar-refractivity contribution < 1.29 is 39.1 Å². The van der Waals surface area contributed by atoms with Crippen molar-refractivity contribution in [2.24, 2.45) is 0 Å². The summed E-state index contributed by atoms with van der Waals surface area (Å²) in [6.07, 6.45) is 0.872. The standard InChI is InChI=1S/C25H24N4O3.C22H15N3O6/c1-26-15-4-16-27-24(30)18-9-7-17(8-10-18)23-21-5-2-3-6-22(21)29(28-23)20-13-11-19(12-14-20)25(31)32;1-31-22(28)15-4-2-13(3-5-15)20-18-12-17(25(29)30)10-11-19(18)24(23-20)16-8-6-14(7-9-16)21(26)27/h2-3,5-14,26H,4,15-16H2,1H3,(H,27,30)(H,31,32);2-12H,1H3,(H,26,27). The Morgan fingerprint density at radius 2 is 1.13 bits per heavy atom. The number of carboxylic acid groups (broad SMARTS) is 2. The summed E-state index contributed by atoms with van der Waals surface area (Å²) in [5, 5.41) is 46.5. The maximum Gasteiger partial charge on any atom is 0.337 e. The number of aromatic carboxylic acids is 2. The number of para-hydroxylation sites is 1. The van der Waals surface area contributed by atoms with Crippen LogP contribution in [0.15, 0.2) is 140 Å². The number of rotatable bonds is 13. The van der Waals surface area contributed by atoms with E-state index >= 15 is 0 Å². The Morgan fingerprint density at radius 1 is 0.635 bits per heavy atom. The van der Waals surface area contributed by atoms with Crippen molar-refractivity contribution in [3.05, 3.63) is 172 Å². The molecule has 1 amide bonds. The van der Waals surface area contributed by atoms with E-state index < -0.39 is 22.8 Å². The van der Waals surface area contributed by atoms with Crippen molar-refractivity contribution in [3.63, 3.8) is 0 Å². The maximum atomic E-state index is 12.3. The van der Waals surface area contributed by atoms with Crippen molar-refractivity contribution in [3.8, 4) is 33.9 Å². The van der Waals surface area contributed by atoms with E-state index in [-0.39, 0.29) is 22.7 Å². The van der Waals surface area contributed by atoms with Gasteiger partial charge in [0, 0.05) is 46.1 Å². The summed E-state index contributed by atoms with van der Waals surface area (Å²) < 4.78 is 8.10. The number of hydrogen-bond acceptors (Lipinski definition) is 10. The fourth-order valence-electron chi connectivity index (χ4n) is 6.83. The average Bonchev–Trinajstić information content (AvgIpc) is 3.90. The summed E-state index contributed by atoms with van der Waals surface area (Å²) in [6, 6.07) is 39.0. The van der Waals surface area contributed by atoms with Gasteiger partial charge in [-0.1, -0.05) is 42.5 Å². The Balaban J connectivity index is 0.000000189. The summed E-state index contributed by atoms with van der Waals surface area (Å²) in [4.78, 5) is 57.1. The predicted octanol–water partition coefficient (Wildman–Crippen LogP) is 7.82. The Labute approximate surface area is 359 Å². The number of carbonyl (C=O) groups is 4. The monoisotopic (exact) mass is 845 g/mol. The van der Waals surface area contributed by atoms with E-state index in [0.717, 1.165) is 40.8 Å². The highest BCUT2D eigenvalue weighted by molar-refractivity contribution is 5.98. The first kappa shape index (κ1) is 42.6. The summed E-state index contributed by atoms with van der Waals surface area (Å²) >= 11 is 0. The molecule has 0 aliphatic carbocycles. The third kappa shape index (κ3) is 9.30. The predicted molar refractivity (Wildman–Crippen MR) is 236 cm³/mol. The molecule has 0 aliphatic heterocycles. The van der Waals surface area contributed by atoms with Crippen LogP contribution in [0.1, 0.15) is 47.9 Å². The number of aromatic nitrogens is 4. The molecule has 0 atom stereocenters. The molecule has 0 saturated carbocycles. The number of hydrogen-bond donors (Lipinski definition) is 4. The topological polar surface area (TPSA) is 221 Å². The fourth-order valence-corrected chi connectivity index (χ4v) is 6.83. The number of non-ortho nitro benzene ring substituents is 1. The molecule has 0 unspecified atom stereocenters.